The minimum atomic E-state index is -1.11. The largest absolute Gasteiger partial charge is 0.477 e. The van der Waals surface area contributed by atoms with E-state index in [4.69, 9.17) is 5.11 Å². The van der Waals surface area contributed by atoms with Gasteiger partial charge in [-0.2, -0.15) is 0 Å². The highest BCUT2D eigenvalue weighted by molar-refractivity contribution is 5.99. The van der Waals surface area contributed by atoms with Gasteiger partial charge in [0.1, 0.15) is 11.5 Å². The lowest BCUT2D eigenvalue weighted by Crippen LogP contribution is -2.30. The summed E-state index contributed by atoms with van der Waals surface area (Å²) in [5.74, 6) is -0.247. The van der Waals surface area contributed by atoms with Crippen LogP contribution in [0, 0.1) is 6.92 Å². The standard InChI is InChI=1S/C13H17N5O3/c1-8-7-9(11(17-8)12(19)20)18-13(21)16-4-2-3-10-14-5-6-15-10/h5-7,17H,2-4H2,1H3,(H,14,15)(H,19,20)(H2,16,18,21). The molecule has 0 aliphatic heterocycles. The summed E-state index contributed by atoms with van der Waals surface area (Å²) in [4.78, 5) is 32.4. The van der Waals surface area contributed by atoms with Gasteiger partial charge in [0, 0.05) is 31.1 Å². The number of urea groups is 1. The Balaban J connectivity index is 1.78. The number of amides is 2. The molecule has 0 spiro atoms. The molecule has 112 valence electrons. The maximum atomic E-state index is 11.7. The number of H-pyrrole nitrogens is 2. The van der Waals surface area contributed by atoms with Crippen molar-refractivity contribution in [3.05, 3.63) is 35.7 Å². The molecule has 21 heavy (non-hydrogen) atoms. The molecule has 2 aromatic heterocycles. The molecular weight excluding hydrogens is 274 g/mol. The molecular formula is C13H17N5O3. The Morgan fingerprint density at radius 1 is 1.43 bits per heavy atom. The van der Waals surface area contributed by atoms with Gasteiger partial charge >= 0.3 is 12.0 Å². The van der Waals surface area contributed by atoms with Gasteiger partial charge in [-0.05, 0) is 19.4 Å². The lowest BCUT2D eigenvalue weighted by atomic mass is 10.3. The summed E-state index contributed by atoms with van der Waals surface area (Å²) in [6.07, 6.45) is 4.89. The van der Waals surface area contributed by atoms with Crippen LogP contribution in [0.4, 0.5) is 10.5 Å². The van der Waals surface area contributed by atoms with E-state index in [-0.39, 0.29) is 11.4 Å². The number of aryl methyl sites for hydroxylation is 2. The Morgan fingerprint density at radius 3 is 2.90 bits per heavy atom. The number of nitrogens with zero attached hydrogens (tertiary/aromatic N) is 1. The van der Waals surface area contributed by atoms with Gasteiger partial charge in [-0.15, -0.1) is 0 Å². The maximum absolute atomic E-state index is 11.7. The lowest BCUT2D eigenvalue weighted by Gasteiger charge is -2.06. The third-order valence-corrected chi connectivity index (χ3v) is 2.85. The first kappa shape index (κ1) is 14.6. The van der Waals surface area contributed by atoms with Crippen molar-refractivity contribution >= 4 is 17.7 Å². The average molecular weight is 291 g/mol. The summed E-state index contributed by atoms with van der Waals surface area (Å²) >= 11 is 0. The van der Waals surface area contributed by atoms with E-state index >= 15 is 0 Å². The molecule has 0 atom stereocenters. The van der Waals surface area contributed by atoms with Crippen LogP contribution < -0.4 is 10.6 Å². The molecule has 0 saturated heterocycles. The van der Waals surface area contributed by atoms with Crippen LogP contribution in [0.5, 0.6) is 0 Å². The molecule has 2 heterocycles. The summed E-state index contributed by atoms with van der Waals surface area (Å²) < 4.78 is 0. The van der Waals surface area contributed by atoms with Crippen LogP contribution in [0.2, 0.25) is 0 Å². The highest BCUT2D eigenvalue weighted by Gasteiger charge is 2.14. The van der Waals surface area contributed by atoms with Crippen LogP contribution in [-0.2, 0) is 6.42 Å². The average Bonchev–Trinajstić information content (AvgIpc) is 3.04. The van der Waals surface area contributed by atoms with Crippen LogP contribution in [0.15, 0.2) is 18.5 Å². The van der Waals surface area contributed by atoms with Crippen molar-refractivity contribution in [2.75, 3.05) is 11.9 Å². The summed E-state index contributed by atoms with van der Waals surface area (Å²) in [5.41, 5.74) is 0.891. The number of carbonyl (C=O) groups is 2. The number of aromatic carboxylic acids is 1. The number of aromatic nitrogens is 3. The van der Waals surface area contributed by atoms with E-state index < -0.39 is 12.0 Å². The highest BCUT2D eigenvalue weighted by atomic mass is 16.4. The molecule has 2 rings (SSSR count). The van der Waals surface area contributed by atoms with Crippen molar-refractivity contribution in [1.82, 2.24) is 20.3 Å². The number of carboxylic acids is 1. The predicted octanol–water partition coefficient (Wildman–Crippen LogP) is 1.50. The molecule has 0 aromatic carbocycles. The van der Waals surface area contributed by atoms with Crippen molar-refractivity contribution in [3.8, 4) is 0 Å². The number of hydrogen-bond acceptors (Lipinski definition) is 3. The fourth-order valence-electron chi connectivity index (χ4n) is 1.92. The van der Waals surface area contributed by atoms with Gasteiger partial charge in [0.2, 0.25) is 0 Å². The van der Waals surface area contributed by atoms with E-state index in [0.29, 0.717) is 12.2 Å². The second-order valence-electron chi connectivity index (χ2n) is 4.57. The second-order valence-corrected chi connectivity index (χ2v) is 4.57. The zero-order valence-electron chi connectivity index (χ0n) is 11.6. The van der Waals surface area contributed by atoms with Crippen LogP contribution in [0.25, 0.3) is 0 Å². The Labute approximate surface area is 121 Å². The Hall–Kier alpha value is -2.77. The molecule has 2 amide bonds. The molecule has 0 saturated carbocycles. The lowest BCUT2D eigenvalue weighted by molar-refractivity contribution is 0.0692. The molecule has 8 heteroatoms. The number of nitrogens with one attached hydrogen (secondary N) is 4. The fourth-order valence-corrected chi connectivity index (χ4v) is 1.92. The van der Waals surface area contributed by atoms with Crippen LogP contribution in [0.1, 0.15) is 28.4 Å². The zero-order valence-corrected chi connectivity index (χ0v) is 11.6. The van der Waals surface area contributed by atoms with Crippen molar-refractivity contribution in [3.63, 3.8) is 0 Å². The van der Waals surface area contributed by atoms with Gasteiger partial charge in [0.05, 0.1) is 5.69 Å². The minimum Gasteiger partial charge on any atom is -0.477 e. The first-order valence-corrected chi connectivity index (χ1v) is 6.52. The molecule has 8 nitrogen and oxygen atoms in total. The van der Waals surface area contributed by atoms with Crippen LogP contribution in [0.3, 0.4) is 0 Å². The Kier molecular flexibility index (Phi) is 4.60. The van der Waals surface area contributed by atoms with E-state index in [1.54, 1.807) is 25.4 Å². The first-order chi connectivity index (χ1) is 10.1. The zero-order chi connectivity index (χ0) is 15.2. The van der Waals surface area contributed by atoms with E-state index in [0.717, 1.165) is 18.7 Å². The number of anilines is 1. The number of carbonyl (C=O) groups excluding carboxylic acids is 1. The van der Waals surface area contributed by atoms with Crippen LogP contribution >= 0.6 is 0 Å². The molecule has 0 fully saturated rings. The topological polar surface area (TPSA) is 123 Å². The normalized spacial score (nSPS) is 10.3. The van der Waals surface area contributed by atoms with Crippen molar-refractivity contribution < 1.29 is 14.7 Å². The fraction of sp³-hybridized carbons (Fsp3) is 0.308. The molecule has 5 N–H and O–H groups in total. The van der Waals surface area contributed by atoms with Gasteiger partial charge in [-0.1, -0.05) is 0 Å². The molecule has 0 unspecified atom stereocenters. The smallest absolute Gasteiger partial charge is 0.354 e. The minimum absolute atomic E-state index is 0.0294. The van der Waals surface area contributed by atoms with Crippen molar-refractivity contribution in [2.24, 2.45) is 0 Å². The Morgan fingerprint density at radius 2 is 2.24 bits per heavy atom. The molecule has 0 aliphatic rings. The third kappa shape index (κ3) is 4.10. The number of aromatic amines is 2. The van der Waals surface area contributed by atoms with E-state index in [1.807, 2.05) is 0 Å². The molecule has 0 aliphatic carbocycles. The summed E-state index contributed by atoms with van der Waals surface area (Å²) in [6, 6.07) is 1.14. The van der Waals surface area contributed by atoms with Gasteiger partial charge in [0.15, 0.2) is 0 Å². The molecule has 2 aromatic rings. The Bertz CT molecular complexity index is 618. The number of carboxylic acid groups (broad SMARTS) is 1. The highest BCUT2D eigenvalue weighted by Crippen LogP contribution is 2.16. The first-order valence-electron chi connectivity index (χ1n) is 6.52. The van der Waals surface area contributed by atoms with Crippen molar-refractivity contribution in [2.45, 2.75) is 19.8 Å². The van der Waals surface area contributed by atoms with Gasteiger partial charge in [-0.3, -0.25) is 0 Å². The van der Waals surface area contributed by atoms with Gasteiger partial charge in [0.25, 0.3) is 0 Å². The second kappa shape index (κ2) is 6.60. The van der Waals surface area contributed by atoms with Crippen LogP contribution in [-0.4, -0.2) is 38.6 Å². The number of hydrogen-bond donors (Lipinski definition) is 5. The summed E-state index contributed by atoms with van der Waals surface area (Å²) in [7, 11) is 0. The molecule has 0 radical (unpaired) electrons. The number of imidazole rings is 1. The van der Waals surface area contributed by atoms with Gasteiger partial charge in [-0.25, -0.2) is 14.6 Å². The van der Waals surface area contributed by atoms with E-state index in [9.17, 15) is 9.59 Å². The van der Waals surface area contributed by atoms with Gasteiger partial charge < -0.3 is 25.7 Å². The van der Waals surface area contributed by atoms with E-state index in [2.05, 4.69) is 25.6 Å². The molecule has 0 bridgehead atoms. The van der Waals surface area contributed by atoms with E-state index in [1.165, 1.54) is 0 Å². The quantitative estimate of drug-likeness (QED) is 0.517. The predicted molar refractivity (Wildman–Crippen MR) is 76.4 cm³/mol. The third-order valence-electron chi connectivity index (χ3n) is 2.85. The maximum Gasteiger partial charge on any atom is 0.354 e. The van der Waals surface area contributed by atoms with Crippen molar-refractivity contribution in [1.29, 1.82) is 0 Å². The summed E-state index contributed by atoms with van der Waals surface area (Å²) in [5, 5.41) is 14.2. The number of rotatable bonds is 6. The monoisotopic (exact) mass is 291 g/mol. The summed E-state index contributed by atoms with van der Waals surface area (Å²) in [6.45, 7) is 2.19. The SMILES string of the molecule is Cc1cc(NC(=O)NCCCc2ncc[nH]2)c(C(=O)O)[nH]1.